The zero-order chi connectivity index (χ0) is 27.4. The van der Waals surface area contributed by atoms with Gasteiger partial charge in [0.25, 0.3) is 0 Å². The number of hydrogen-bond donors (Lipinski definition) is 0. The van der Waals surface area contributed by atoms with E-state index in [0.717, 1.165) is 56.4 Å². The largest absolute Gasteiger partial charge is 0.498 e. The van der Waals surface area contributed by atoms with Gasteiger partial charge in [-0.2, -0.15) is 0 Å². The van der Waals surface area contributed by atoms with Crippen LogP contribution in [0.25, 0.3) is 28.9 Å². The summed E-state index contributed by atoms with van der Waals surface area (Å²) >= 11 is 0. The van der Waals surface area contributed by atoms with Crippen LogP contribution in [0.15, 0.2) is 42.7 Å². The highest BCUT2D eigenvalue weighted by Gasteiger charge is 2.20. The van der Waals surface area contributed by atoms with Crippen LogP contribution < -0.4 is 0 Å². The van der Waals surface area contributed by atoms with Crippen LogP contribution >= 0.6 is 0 Å². The van der Waals surface area contributed by atoms with Crippen LogP contribution in [0.5, 0.6) is 0 Å². The summed E-state index contributed by atoms with van der Waals surface area (Å²) in [5.74, 6) is -9.07. The maximum atomic E-state index is 14.8. The molecule has 1 aliphatic rings. The van der Waals surface area contributed by atoms with Crippen molar-refractivity contribution in [2.24, 2.45) is 0 Å². The molecule has 0 amide bonds. The fourth-order valence-corrected chi connectivity index (χ4v) is 4.44. The molecule has 0 fully saturated rings. The molecular weight excluding hydrogens is 509 g/mol. The van der Waals surface area contributed by atoms with Gasteiger partial charge in [0.2, 0.25) is 0 Å². The molecule has 4 rings (SSSR count). The van der Waals surface area contributed by atoms with E-state index in [4.69, 9.17) is 4.74 Å². The minimum atomic E-state index is -1.76. The molecule has 1 heterocycles. The van der Waals surface area contributed by atoms with Crippen LogP contribution in [-0.4, -0.2) is 6.10 Å². The Kier molecular flexibility index (Phi) is 8.59. The Hall–Kier alpha value is -3.55. The summed E-state index contributed by atoms with van der Waals surface area (Å²) in [7, 11) is 0. The normalized spacial score (nSPS) is 15.6. The summed E-state index contributed by atoms with van der Waals surface area (Å²) in [6, 6.07) is 4.97. The van der Waals surface area contributed by atoms with E-state index in [2.05, 4.69) is 6.92 Å². The first-order valence-corrected chi connectivity index (χ1v) is 12.3. The number of hydrogen-bond acceptors (Lipinski definition) is 1. The highest BCUT2D eigenvalue weighted by molar-refractivity contribution is 5.75. The molecule has 3 aromatic carbocycles. The molecule has 1 aliphatic heterocycles. The summed E-state index contributed by atoms with van der Waals surface area (Å²) < 4.78 is 105. The van der Waals surface area contributed by atoms with E-state index in [1.807, 2.05) is 0 Å². The van der Waals surface area contributed by atoms with Crippen LogP contribution in [0, 0.1) is 40.7 Å². The molecule has 0 spiro atoms. The second kappa shape index (κ2) is 11.9. The van der Waals surface area contributed by atoms with Gasteiger partial charge in [0.1, 0.15) is 23.3 Å². The predicted octanol–water partition coefficient (Wildman–Crippen LogP) is 9.60. The van der Waals surface area contributed by atoms with Gasteiger partial charge in [-0.05, 0) is 90.4 Å². The lowest BCUT2D eigenvalue weighted by molar-refractivity contribution is 0.116. The summed E-state index contributed by atoms with van der Waals surface area (Å²) in [5, 5.41) is 0. The smallest absolute Gasteiger partial charge is 0.194 e. The minimum absolute atomic E-state index is 0.0906. The van der Waals surface area contributed by atoms with Crippen molar-refractivity contribution in [1.29, 1.82) is 0 Å². The van der Waals surface area contributed by atoms with Gasteiger partial charge in [0.15, 0.2) is 17.5 Å². The lowest BCUT2D eigenvalue weighted by Crippen LogP contribution is -2.14. The number of ether oxygens (including phenoxy) is 1. The molecule has 8 heteroatoms. The van der Waals surface area contributed by atoms with Crippen LogP contribution in [0.4, 0.5) is 30.7 Å². The molecule has 200 valence electrons. The molecule has 0 saturated heterocycles. The van der Waals surface area contributed by atoms with Gasteiger partial charge in [0.05, 0.1) is 17.9 Å². The monoisotopic (exact) mass is 534 g/mol. The van der Waals surface area contributed by atoms with Crippen LogP contribution in [0.3, 0.4) is 0 Å². The van der Waals surface area contributed by atoms with Gasteiger partial charge < -0.3 is 4.74 Å². The molecule has 1 nitrogen and oxygen atoms in total. The van der Waals surface area contributed by atoms with Crippen molar-refractivity contribution in [2.75, 3.05) is 0 Å². The average molecular weight is 535 g/mol. The van der Waals surface area contributed by atoms with Crippen molar-refractivity contribution in [2.45, 2.75) is 51.6 Å². The van der Waals surface area contributed by atoms with Crippen molar-refractivity contribution < 1.29 is 35.5 Å². The second-order valence-corrected chi connectivity index (χ2v) is 9.24. The molecule has 0 N–H and O–H groups in total. The lowest BCUT2D eigenvalue weighted by Gasteiger charge is -2.23. The number of unbranched alkanes of at least 4 members (excludes halogenated alkanes) is 2. The SMILES string of the molecule is CCCCCC1CCC(c2cc(F)c(/C=C/c3cc(F)c(-c4cc(F)c(F)c(F)c4)c(F)c3)c(F)c2)=CO1. The summed E-state index contributed by atoms with van der Waals surface area (Å²) in [4.78, 5) is 0. The summed E-state index contributed by atoms with van der Waals surface area (Å²) in [6.07, 6.45) is 9.40. The Morgan fingerprint density at radius 3 is 1.89 bits per heavy atom. The van der Waals surface area contributed by atoms with E-state index in [1.54, 1.807) is 6.26 Å². The number of rotatable bonds is 8. The van der Waals surface area contributed by atoms with Crippen molar-refractivity contribution in [3.8, 4) is 11.1 Å². The third-order valence-corrected chi connectivity index (χ3v) is 6.50. The van der Waals surface area contributed by atoms with Crippen molar-refractivity contribution in [3.63, 3.8) is 0 Å². The van der Waals surface area contributed by atoms with Crippen LogP contribution in [0.1, 0.15) is 62.1 Å². The van der Waals surface area contributed by atoms with Crippen molar-refractivity contribution in [3.05, 3.63) is 100 Å². The van der Waals surface area contributed by atoms with Gasteiger partial charge in [-0.25, -0.2) is 30.7 Å². The topological polar surface area (TPSA) is 9.23 Å². The Morgan fingerprint density at radius 2 is 1.34 bits per heavy atom. The molecule has 3 aromatic rings. The van der Waals surface area contributed by atoms with E-state index < -0.39 is 57.4 Å². The highest BCUT2D eigenvalue weighted by atomic mass is 19.2. The summed E-state index contributed by atoms with van der Waals surface area (Å²) in [5.41, 5.74) is -0.767. The highest BCUT2D eigenvalue weighted by Crippen LogP contribution is 2.32. The average Bonchev–Trinajstić information content (AvgIpc) is 2.87. The van der Waals surface area contributed by atoms with E-state index in [0.29, 0.717) is 29.7 Å². The van der Waals surface area contributed by atoms with Crippen molar-refractivity contribution >= 4 is 17.7 Å². The molecule has 0 radical (unpaired) electrons. The number of halogens is 7. The maximum Gasteiger partial charge on any atom is 0.194 e. The minimum Gasteiger partial charge on any atom is -0.498 e. The Labute approximate surface area is 216 Å². The third-order valence-electron chi connectivity index (χ3n) is 6.50. The quantitative estimate of drug-likeness (QED) is 0.121. The van der Waals surface area contributed by atoms with Crippen LogP contribution in [0.2, 0.25) is 0 Å². The Balaban J connectivity index is 1.53. The fraction of sp³-hybridized carbons (Fsp3) is 0.267. The van der Waals surface area contributed by atoms with E-state index in [9.17, 15) is 30.7 Å². The molecule has 0 aromatic heterocycles. The molecule has 0 saturated carbocycles. The molecular formula is C30H25F7O. The first kappa shape index (κ1) is 27.5. The molecule has 1 unspecified atom stereocenters. The van der Waals surface area contributed by atoms with E-state index in [-0.39, 0.29) is 11.7 Å². The van der Waals surface area contributed by atoms with E-state index in [1.165, 1.54) is 12.1 Å². The zero-order valence-corrected chi connectivity index (χ0v) is 20.6. The maximum absolute atomic E-state index is 14.8. The van der Waals surface area contributed by atoms with Gasteiger partial charge in [-0.3, -0.25) is 0 Å². The van der Waals surface area contributed by atoms with Gasteiger partial charge >= 0.3 is 0 Å². The van der Waals surface area contributed by atoms with Gasteiger partial charge in [0, 0.05) is 5.56 Å². The lowest BCUT2D eigenvalue weighted by atomic mass is 9.95. The molecule has 0 bridgehead atoms. The van der Waals surface area contributed by atoms with Crippen molar-refractivity contribution in [1.82, 2.24) is 0 Å². The zero-order valence-electron chi connectivity index (χ0n) is 20.6. The van der Waals surface area contributed by atoms with Gasteiger partial charge in [-0.15, -0.1) is 0 Å². The molecule has 1 atom stereocenters. The Morgan fingerprint density at radius 1 is 0.737 bits per heavy atom. The fourth-order valence-electron chi connectivity index (χ4n) is 4.44. The first-order chi connectivity index (χ1) is 18.2. The second-order valence-electron chi connectivity index (χ2n) is 9.24. The molecule has 38 heavy (non-hydrogen) atoms. The van der Waals surface area contributed by atoms with Crippen LogP contribution in [-0.2, 0) is 4.74 Å². The standard InChI is InChI=1S/C30H25F7O/c1-2-3-4-5-21-8-7-18(16-38-21)19-12-23(31)22(24(32)13-19)9-6-17-10-25(33)29(26(34)11-17)20-14-27(35)30(37)28(36)15-20/h6,9-16,21H,2-5,7-8H2,1H3/b9-6+. The summed E-state index contributed by atoms with van der Waals surface area (Å²) in [6.45, 7) is 2.12. The first-order valence-electron chi connectivity index (χ1n) is 12.3. The number of allylic oxidation sites excluding steroid dienone is 1. The molecule has 0 aliphatic carbocycles. The third kappa shape index (κ3) is 6.11. The van der Waals surface area contributed by atoms with Gasteiger partial charge in [-0.1, -0.05) is 25.8 Å². The van der Waals surface area contributed by atoms with E-state index >= 15 is 0 Å². The predicted molar refractivity (Wildman–Crippen MR) is 133 cm³/mol. The number of benzene rings is 3. The Bertz CT molecular complexity index is 1320.